The van der Waals surface area contributed by atoms with E-state index >= 15 is 0 Å². The molecule has 1 aromatic heterocycles. The molecule has 0 aliphatic heterocycles. The Morgan fingerprint density at radius 2 is 2.18 bits per heavy atom. The zero-order chi connectivity index (χ0) is 16.1. The number of carboxylic acid groups (broad SMARTS) is 1. The van der Waals surface area contributed by atoms with Crippen molar-refractivity contribution >= 4 is 27.8 Å². The van der Waals surface area contributed by atoms with Gasteiger partial charge in [0.1, 0.15) is 0 Å². The number of aliphatic carboxylic acids is 1. The molecule has 0 spiro atoms. The SMILES string of the molecule is CC(NC(=O)CCC(=O)O)c1nnnn1-c1cccc(Br)c1. The number of carbonyl (C=O) groups is 2. The number of halogens is 1. The topological polar surface area (TPSA) is 110 Å². The Balaban J connectivity index is 2.11. The summed E-state index contributed by atoms with van der Waals surface area (Å²) in [5, 5.41) is 22.7. The summed E-state index contributed by atoms with van der Waals surface area (Å²) in [5.41, 5.74) is 0.751. The van der Waals surface area contributed by atoms with Crippen molar-refractivity contribution in [3.63, 3.8) is 0 Å². The Kier molecular flexibility index (Phi) is 5.21. The molecule has 0 saturated carbocycles. The highest BCUT2D eigenvalue weighted by Crippen LogP contribution is 2.18. The van der Waals surface area contributed by atoms with E-state index in [4.69, 9.17) is 5.11 Å². The summed E-state index contributed by atoms with van der Waals surface area (Å²) in [4.78, 5) is 22.2. The fourth-order valence-electron chi connectivity index (χ4n) is 1.85. The minimum atomic E-state index is -1.01. The maximum atomic E-state index is 11.7. The molecule has 1 amide bonds. The van der Waals surface area contributed by atoms with E-state index < -0.39 is 12.0 Å². The average Bonchev–Trinajstić information content (AvgIpc) is 2.94. The smallest absolute Gasteiger partial charge is 0.303 e. The van der Waals surface area contributed by atoms with E-state index in [0.29, 0.717) is 5.82 Å². The molecule has 116 valence electrons. The number of aromatic nitrogens is 4. The van der Waals surface area contributed by atoms with Crippen LogP contribution in [0.15, 0.2) is 28.7 Å². The lowest BCUT2D eigenvalue weighted by Crippen LogP contribution is -2.29. The van der Waals surface area contributed by atoms with Crippen molar-refractivity contribution in [2.75, 3.05) is 0 Å². The van der Waals surface area contributed by atoms with Crippen LogP contribution in [0.2, 0.25) is 0 Å². The first kappa shape index (κ1) is 16.1. The first-order valence-corrected chi connectivity index (χ1v) is 7.32. The lowest BCUT2D eigenvalue weighted by Gasteiger charge is -2.13. The summed E-state index contributed by atoms with van der Waals surface area (Å²) < 4.78 is 2.40. The maximum Gasteiger partial charge on any atom is 0.303 e. The summed E-state index contributed by atoms with van der Waals surface area (Å²) in [5.74, 6) is -0.915. The van der Waals surface area contributed by atoms with Crippen LogP contribution < -0.4 is 5.32 Å². The molecule has 0 aliphatic carbocycles. The number of amides is 1. The Bertz CT molecular complexity index is 688. The van der Waals surface area contributed by atoms with Crippen molar-refractivity contribution in [1.29, 1.82) is 0 Å². The molecule has 2 rings (SSSR count). The highest BCUT2D eigenvalue weighted by atomic mass is 79.9. The quantitative estimate of drug-likeness (QED) is 0.799. The first-order valence-electron chi connectivity index (χ1n) is 6.52. The molecule has 22 heavy (non-hydrogen) atoms. The van der Waals surface area contributed by atoms with Gasteiger partial charge in [0.25, 0.3) is 0 Å². The van der Waals surface area contributed by atoms with E-state index in [2.05, 4.69) is 36.8 Å². The molecule has 9 heteroatoms. The molecular weight excluding hydrogens is 354 g/mol. The van der Waals surface area contributed by atoms with Crippen molar-refractivity contribution in [1.82, 2.24) is 25.5 Å². The summed E-state index contributed by atoms with van der Waals surface area (Å²) >= 11 is 3.38. The molecule has 0 fully saturated rings. The van der Waals surface area contributed by atoms with E-state index in [-0.39, 0.29) is 18.7 Å². The normalized spacial score (nSPS) is 11.9. The summed E-state index contributed by atoms with van der Waals surface area (Å²) in [6, 6.07) is 6.96. The van der Waals surface area contributed by atoms with Crippen LogP contribution in [0.1, 0.15) is 31.6 Å². The Hall–Kier alpha value is -2.29. The summed E-state index contributed by atoms with van der Waals surface area (Å²) in [7, 11) is 0. The van der Waals surface area contributed by atoms with Gasteiger partial charge >= 0.3 is 5.97 Å². The molecule has 8 nitrogen and oxygen atoms in total. The number of tetrazole rings is 1. The van der Waals surface area contributed by atoms with Gasteiger partial charge in [0.2, 0.25) is 5.91 Å². The van der Waals surface area contributed by atoms with Crippen molar-refractivity contribution in [2.24, 2.45) is 0 Å². The molecule has 0 radical (unpaired) electrons. The third-order valence-electron chi connectivity index (χ3n) is 2.88. The lowest BCUT2D eigenvalue weighted by atomic mass is 10.2. The van der Waals surface area contributed by atoms with E-state index in [1.165, 1.54) is 4.68 Å². The number of carboxylic acids is 1. The molecule has 1 unspecified atom stereocenters. The summed E-state index contributed by atoms with van der Waals surface area (Å²) in [6.07, 6.45) is -0.298. The van der Waals surface area contributed by atoms with Crippen LogP contribution in [0.5, 0.6) is 0 Å². The number of hydrogen-bond donors (Lipinski definition) is 2. The molecule has 2 N–H and O–H groups in total. The average molecular weight is 368 g/mol. The van der Waals surface area contributed by atoms with Crippen molar-refractivity contribution in [3.8, 4) is 5.69 Å². The van der Waals surface area contributed by atoms with Crippen LogP contribution in [-0.4, -0.2) is 37.2 Å². The van der Waals surface area contributed by atoms with Crippen LogP contribution in [0.3, 0.4) is 0 Å². The van der Waals surface area contributed by atoms with Gasteiger partial charge in [-0.05, 0) is 35.5 Å². The second-order valence-electron chi connectivity index (χ2n) is 4.61. The predicted molar refractivity (Wildman–Crippen MR) is 80.3 cm³/mol. The third-order valence-corrected chi connectivity index (χ3v) is 3.37. The van der Waals surface area contributed by atoms with Crippen LogP contribution >= 0.6 is 15.9 Å². The van der Waals surface area contributed by atoms with E-state index in [1.807, 2.05) is 24.3 Å². The number of nitrogens with one attached hydrogen (secondary N) is 1. The second kappa shape index (κ2) is 7.12. The molecular formula is C13H14BrN5O3. The van der Waals surface area contributed by atoms with Gasteiger partial charge in [-0.15, -0.1) is 5.10 Å². The van der Waals surface area contributed by atoms with Gasteiger partial charge in [-0.3, -0.25) is 9.59 Å². The molecule has 1 heterocycles. The molecule has 0 bridgehead atoms. The van der Waals surface area contributed by atoms with Gasteiger partial charge in [0.05, 0.1) is 18.2 Å². The molecule has 1 aromatic carbocycles. The van der Waals surface area contributed by atoms with Gasteiger partial charge in [-0.25, -0.2) is 0 Å². The Labute approximate surface area is 134 Å². The fraction of sp³-hybridized carbons (Fsp3) is 0.308. The minimum absolute atomic E-state index is 0.0852. The van der Waals surface area contributed by atoms with Gasteiger partial charge < -0.3 is 10.4 Å². The number of rotatable bonds is 6. The largest absolute Gasteiger partial charge is 0.481 e. The van der Waals surface area contributed by atoms with E-state index in [0.717, 1.165) is 10.2 Å². The zero-order valence-corrected chi connectivity index (χ0v) is 13.3. The zero-order valence-electron chi connectivity index (χ0n) is 11.7. The molecule has 1 atom stereocenters. The van der Waals surface area contributed by atoms with Gasteiger partial charge in [0.15, 0.2) is 5.82 Å². The monoisotopic (exact) mass is 367 g/mol. The van der Waals surface area contributed by atoms with Crippen molar-refractivity contribution < 1.29 is 14.7 Å². The van der Waals surface area contributed by atoms with Crippen LogP contribution in [0.25, 0.3) is 5.69 Å². The van der Waals surface area contributed by atoms with Crippen molar-refractivity contribution in [3.05, 3.63) is 34.6 Å². The first-order chi connectivity index (χ1) is 10.5. The highest BCUT2D eigenvalue weighted by molar-refractivity contribution is 9.10. The van der Waals surface area contributed by atoms with Crippen LogP contribution in [0.4, 0.5) is 0 Å². The Morgan fingerprint density at radius 1 is 1.41 bits per heavy atom. The van der Waals surface area contributed by atoms with Gasteiger partial charge in [-0.2, -0.15) is 4.68 Å². The molecule has 0 saturated heterocycles. The van der Waals surface area contributed by atoms with Crippen LogP contribution in [-0.2, 0) is 9.59 Å². The van der Waals surface area contributed by atoms with E-state index in [9.17, 15) is 9.59 Å². The van der Waals surface area contributed by atoms with E-state index in [1.54, 1.807) is 6.92 Å². The Morgan fingerprint density at radius 3 is 2.86 bits per heavy atom. The fourth-order valence-corrected chi connectivity index (χ4v) is 2.24. The maximum absolute atomic E-state index is 11.7. The lowest BCUT2D eigenvalue weighted by molar-refractivity contribution is -0.138. The second-order valence-corrected chi connectivity index (χ2v) is 5.53. The number of hydrogen-bond acceptors (Lipinski definition) is 5. The minimum Gasteiger partial charge on any atom is -0.481 e. The molecule has 0 aliphatic rings. The molecule has 2 aromatic rings. The highest BCUT2D eigenvalue weighted by Gasteiger charge is 2.18. The number of carbonyl (C=O) groups excluding carboxylic acids is 1. The number of benzene rings is 1. The predicted octanol–water partition coefficient (Wildman–Crippen LogP) is 1.47. The van der Waals surface area contributed by atoms with Crippen molar-refractivity contribution in [2.45, 2.75) is 25.8 Å². The standard InChI is InChI=1S/C13H14BrN5O3/c1-8(15-11(20)5-6-12(21)22)13-16-17-18-19(13)10-4-2-3-9(14)7-10/h2-4,7-8H,5-6H2,1H3,(H,15,20)(H,21,22). The van der Waals surface area contributed by atoms with Gasteiger partial charge in [0, 0.05) is 10.9 Å². The van der Waals surface area contributed by atoms with Crippen LogP contribution in [0, 0.1) is 0 Å². The number of nitrogens with zero attached hydrogens (tertiary/aromatic N) is 4. The third kappa shape index (κ3) is 4.10. The summed E-state index contributed by atoms with van der Waals surface area (Å²) in [6.45, 7) is 1.73. The van der Waals surface area contributed by atoms with Gasteiger partial charge in [-0.1, -0.05) is 22.0 Å².